The molecular weight excluding hydrogens is 190 g/mol. The second-order valence-corrected chi connectivity index (χ2v) is 2.43. The van der Waals surface area contributed by atoms with Gasteiger partial charge in [-0.1, -0.05) is 49.6 Å². The van der Waals surface area contributed by atoms with Crippen LogP contribution in [-0.2, 0) is 9.59 Å². The van der Waals surface area contributed by atoms with E-state index in [4.69, 9.17) is 0 Å². The van der Waals surface area contributed by atoms with Gasteiger partial charge in [-0.2, -0.15) is 0 Å². The molecular formula is C12H13NO2. The van der Waals surface area contributed by atoms with Gasteiger partial charge in [0.05, 0.1) is 0 Å². The van der Waals surface area contributed by atoms with Crippen LogP contribution in [0.25, 0.3) is 0 Å². The van der Waals surface area contributed by atoms with Gasteiger partial charge in [-0.05, 0) is 6.08 Å². The molecule has 0 saturated carbocycles. The highest BCUT2D eigenvalue weighted by molar-refractivity contribution is 6.01. The van der Waals surface area contributed by atoms with Crippen molar-refractivity contribution in [1.29, 1.82) is 0 Å². The van der Waals surface area contributed by atoms with E-state index in [0.29, 0.717) is 12.0 Å². The lowest BCUT2D eigenvalue weighted by Crippen LogP contribution is -2.22. The van der Waals surface area contributed by atoms with Crippen LogP contribution in [0.3, 0.4) is 0 Å². The standard InChI is InChI=1S/C12H13NO2/c1-3-5-6-7-9-11(8-4-2)12(15)13-10-14/h3-10H,1-2H2,(H,13,14,15)/b6-5+,9-7-,11-8-. The molecule has 78 valence electrons. The largest absolute Gasteiger partial charge is 0.295 e. The Bertz CT molecular complexity index is 336. The summed E-state index contributed by atoms with van der Waals surface area (Å²) in [5.41, 5.74) is 0.353. The first-order valence-electron chi connectivity index (χ1n) is 4.29. The fraction of sp³-hybridized carbons (Fsp3) is 0. The fourth-order valence-corrected chi connectivity index (χ4v) is 0.773. The van der Waals surface area contributed by atoms with Gasteiger partial charge in [0.25, 0.3) is 5.91 Å². The van der Waals surface area contributed by atoms with Crippen molar-refractivity contribution in [3.8, 4) is 0 Å². The Labute approximate surface area is 89.2 Å². The third kappa shape index (κ3) is 5.99. The Morgan fingerprint density at radius 3 is 2.33 bits per heavy atom. The maximum atomic E-state index is 11.2. The quantitative estimate of drug-likeness (QED) is 0.405. The highest BCUT2D eigenvalue weighted by atomic mass is 16.2. The maximum absolute atomic E-state index is 11.2. The Balaban J connectivity index is 4.61. The van der Waals surface area contributed by atoms with E-state index in [0.717, 1.165) is 0 Å². The molecule has 15 heavy (non-hydrogen) atoms. The smallest absolute Gasteiger partial charge is 0.257 e. The van der Waals surface area contributed by atoms with Crippen molar-refractivity contribution in [2.24, 2.45) is 0 Å². The van der Waals surface area contributed by atoms with Gasteiger partial charge in [-0.15, -0.1) is 0 Å². The van der Waals surface area contributed by atoms with E-state index in [1.54, 1.807) is 30.4 Å². The zero-order valence-electron chi connectivity index (χ0n) is 8.35. The van der Waals surface area contributed by atoms with Gasteiger partial charge in [0.2, 0.25) is 6.41 Å². The molecule has 0 fully saturated rings. The van der Waals surface area contributed by atoms with Gasteiger partial charge < -0.3 is 0 Å². The monoisotopic (exact) mass is 203 g/mol. The molecule has 3 nitrogen and oxygen atoms in total. The van der Waals surface area contributed by atoms with Gasteiger partial charge >= 0.3 is 0 Å². The van der Waals surface area contributed by atoms with Crippen LogP contribution in [0, 0.1) is 0 Å². The van der Waals surface area contributed by atoms with Crippen LogP contribution in [-0.4, -0.2) is 12.3 Å². The predicted molar refractivity (Wildman–Crippen MR) is 61.0 cm³/mol. The van der Waals surface area contributed by atoms with Crippen molar-refractivity contribution in [2.45, 2.75) is 0 Å². The molecule has 0 aliphatic heterocycles. The molecule has 0 aromatic rings. The minimum absolute atomic E-state index is 0.340. The van der Waals surface area contributed by atoms with Crippen molar-refractivity contribution >= 4 is 12.3 Å². The molecule has 1 N–H and O–H groups in total. The van der Waals surface area contributed by atoms with Crippen molar-refractivity contribution in [2.75, 3.05) is 0 Å². The molecule has 0 spiro atoms. The Morgan fingerprint density at radius 1 is 1.07 bits per heavy atom. The third-order valence-electron chi connectivity index (χ3n) is 1.38. The Kier molecular flexibility index (Phi) is 7.22. The lowest BCUT2D eigenvalue weighted by Gasteiger charge is -1.96. The number of carbonyl (C=O) groups is 2. The van der Waals surface area contributed by atoms with E-state index in [9.17, 15) is 9.59 Å². The fourth-order valence-electron chi connectivity index (χ4n) is 0.773. The number of rotatable bonds is 6. The molecule has 0 aliphatic carbocycles. The normalized spacial score (nSPS) is 11.6. The number of amides is 2. The highest BCUT2D eigenvalue weighted by Crippen LogP contribution is 1.97. The molecule has 0 rings (SSSR count). The molecule has 0 atom stereocenters. The van der Waals surface area contributed by atoms with Crippen LogP contribution >= 0.6 is 0 Å². The van der Waals surface area contributed by atoms with E-state index in [-0.39, 0.29) is 0 Å². The number of imide groups is 1. The molecule has 0 aromatic carbocycles. The molecule has 0 radical (unpaired) electrons. The van der Waals surface area contributed by atoms with Crippen LogP contribution in [0.15, 0.2) is 61.3 Å². The lowest BCUT2D eigenvalue weighted by atomic mass is 10.2. The van der Waals surface area contributed by atoms with Gasteiger partial charge in [0.1, 0.15) is 0 Å². The second-order valence-electron chi connectivity index (χ2n) is 2.43. The molecule has 0 aromatic heterocycles. The summed E-state index contributed by atoms with van der Waals surface area (Å²) in [5.74, 6) is -0.465. The molecule has 0 saturated heterocycles. The summed E-state index contributed by atoms with van der Waals surface area (Å²) in [6, 6.07) is 0. The maximum Gasteiger partial charge on any atom is 0.257 e. The topological polar surface area (TPSA) is 46.2 Å². The molecule has 0 unspecified atom stereocenters. The van der Waals surface area contributed by atoms with E-state index in [1.165, 1.54) is 12.2 Å². The number of hydrogen-bond donors (Lipinski definition) is 1. The van der Waals surface area contributed by atoms with Crippen LogP contribution in [0.2, 0.25) is 0 Å². The highest BCUT2D eigenvalue weighted by Gasteiger charge is 2.02. The van der Waals surface area contributed by atoms with Crippen LogP contribution in [0.4, 0.5) is 0 Å². The zero-order chi connectivity index (χ0) is 11.5. The van der Waals surface area contributed by atoms with Crippen molar-refractivity contribution < 1.29 is 9.59 Å². The third-order valence-corrected chi connectivity index (χ3v) is 1.38. The van der Waals surface area contributed by atoms with Gasteiger partial charge in [-0.3, -0.25) is 14.9 Å². The summed E-state index contributed by atoms with van der Waals surface area (Å²) >= 11 is 0. The Morgan fingerprint density at radius 2 is 1.80 bits per heavy atom. The van der Waals surface area contributed by atoms with Gasteiger partial charge in [-0.25, -0.2) is 0 Å². The molecule has 2 amide bonds. The number of carbonyl (C=O) groups excluding carboxylic acids is 2. The van der Waals surface area contributed by atoms with Gasteiger partial charge in [0, 0.05) is 5.57 Å². The molecule has 0 bridgehead atoms. The Hall–Kier alpha value is -2.16. The second kappa shape index (κ2) is 8.44. The first-order valence-corrected chi connectivity index (χ1v) is 4.29. The van der Waals surface area contributed by atoms with Crippen LogP contribution < -0.4 is 5.32 Å². The first-order chi connectivity index (χ1) is 7.26. The summed E-state index contributed by atoms with van der Waals surface area (Å²) in [4.78, 5) is 21.3. The molecule has 3 heteroatoms. The van der Waals surface area contributed by atoms with Crippen LogP contribution in [0.5, 0.6) is 0 Å². The van der Waals surface area contributed by atoms with Crippen molar-refractivity contribution in [3.63, 3.8) is 0 Å². The summed E-state index contributed by atoms with van der Waals surface area (Å²) < 4.78 is 0. The van der Waals surface area contributed by atoms with E-state index >= 15 is 0 Å². The zero-order valence-corrected chi connectivity index (χ0v) is 8.35. The summed E-state index contributed by atoms with van der Waals surface area (Å²) in [7, 11) is 0. The summed E-state index contributed by atoms with van der Waals surface area (Å²) in [6.07, 6.45) is 11.6. The summed E-state index contributed by atoms with van der Waals surface area (Å²) in [5, 5.41) is 2.04. The predicted octanol–water partition coefficient (Wildman–Crippen LogP) is 1.67. The average molecular weight is 203 g/mol. The van der Waals surface area contributed by atoms with E-state index in [1.807, 2.05) is 5.32 Å². The molecule has 0 heterocycles. The van der Waals surface area contributed by atoms with Crippen molar-refractivity contribution in [3.05, 3.63) is 61.3 Å². The summed E-state index contributed by atoms with van der Waals surface area (Å²) in [6.45, 7) is 6.98. The molecule has 0 aliphatic rings. The lowest BCUT2D eigenvalue weighted by molar-refractivity contribution is -0.122. The van der Waals surface area contributed by atoms with Crippen molar-refractivity contribution in [1.82, 2.24) is 5.32 Å². The van der Waals surface area contributed by atoms with Crippen LogP contribution in [0.1, 0.15) is 0 Å². The average Bonchev–Trinajstić information content (AvgIpc) is 2.23. The number of hydrogen-bond acceptors (Lipinski definition) is 2. The minimum Gasteiger partial charge on any atom is -0.295 e. The van der Waals surface area contributed by atoms with Gasteiger partial charge in [0.15, 0.2) is 0 Å². The van der Waals surface area contributed by atoms with E-state index in [2.05, 4.69) is 13.2 Å². The minimum atomic E-state index is -0.465. The SMILES string of the molecule is C=C/C=C(/C=C\C=C\C=C)C(=O)NC=O. The van der Waals surface area contributed by atoms with E-state index < -0.39 is 5.91 Å². The first kappa shape index (κ1) is 12.8. The number of nitrogens with one attached hydrogen (secondary N) is 1. The number of allylic oxidation sites excluding steroid dienone is 6.